The summed E-state index contributed by atoms with van der Waals surface area (Å²) in [7, 11) is 1.93. The summed E-state index contributed by atoms with van der Waals surface area (Å²) >= 11 is 0. The highest BCUT2D eigenvalue weighted by Gasteiger charge is 2.11. The highest BCUT2D eigenvalue weighted by atomic mass is 16.5. The molecule has 1 heterocycles. The fourth-order valence-corrected chi connectivity index (χ4v) is 1.86. The summed E-state index contributed by atoms with van der Waals surface area (Å²) in [6.45, 7) is 6.28. The van der Waals surface area contributed by atoms with Crippen molar-refractivity contribution < 1.29 is 4.74 Å². The highest BCUT2D eigenvalue weighted by Crippen LogP contribution is 2.25. The molecular formula is C14H20N4O. The Morgan fingerprint density at radius 2 is 2.05 bits per heavy atom. The van der Waals surface area contributed by atoms with E-state index in [-0.39, 0.29) is 6.04 Å². The van der Waals surface area contributed by atoms with Crippen LogP contribution in [-0.2, 0) is 13.7 Å². The third-order valence-electron chi connectivity index (χ3n) is 3.20. The van der Waals surface area contributed by atoms with Crippen LogP contribution in [0.25, 0.3) is 0 Å². The van der Waals surface area contributed by atoms with E-state index in [1.807, 2.05) is 50.6 Å². The van der Waals surface area contributed by atoms with E-state index in [0.29, 0.717) is 6.61 Å². The zero-order valence-corrected chi connectivity index (χ0v) is 11.8. The van der Waals surface area contributed by atoms with Gasteiger partial charge in [-0.05, 0) is 32.4 Å². The monoisotopic (exact) mass is 260 g/mol. The van der Waals surface area contributed by atoms with E-state index in [1.54, 1.807) is 0 Å². The highest BCUT2D eigenvalue weighted by molar-refractivity contribution is 5.38. The Morgan fingerprint density at radius 1 is 1.32 bits per heavy atom. The van der Waals surface area contributed by atoms with Gasteiger partial charge in [-0.25, -0.2) is 0 Å². The van der Waals surface area contributed by atoms with Crippen molar-refractivity contribution in [2.45, 2.75) is 33.4 Å². The Labute approximate surface area is 113 Å². The average Bonchev–Trinajstić information content (AvgIpc) is 2.67. The number of rotatable bonds is 4. The zero-order chi connectivity index (χ0) is 14.0. The maximum atomic E-state index is 5.95. The molecule has 1 atom stereocenters. The first-order valence-electron chi connectivity index (χ1n) is 6.33. The Morgan fingerprint density at radius 3 is 2.63 bits per heavy atom. The van der Waals surface area contributed by atoms with Gasteiger partial charge in [0.15, 0.2) is 5.82 Å². The lowest BCUT2D eigenvalue weighted by atomic mass is 10.1. The molecule has 0 saturated heterocycles. The van der Waals surface area contributed by atoms with Crippen molar-refractivity contribution in [2.24, 2.45) is 12.8 Å². The second-order valence-electron chi connectivity index (χ2n) is 4.84. The normalized spacial score (nSPS) is 12.5. The van der Waals surface area contributed by atoms with Gasteiger partial charge in [-0.3, -0.25) is 0 Å². The number of nitrogens with zero attached hydrogens (tertiary/aromatic N) is 3. The summed E-state index contributed by atoms with van der Waals surface area (Å²) < 4.78 is 7.77. The Bertz CT molecular complexity index is 575. The molecule has 2 rings (SSSR count). The molecule has 0 amide bonds. The number of benzene rings is 1. The van der Waals surface area contributed by atoms with Crippen LogP contribution in [0.5, 0.6) is 5.75 Å². The molecule has 0 bridgehead atoms. The van der Waals surface area contributed by atoms with Crippen molar-refractivity contribution in [1.82, 2.24) is 14.8 Å². The fourth-order valence-electron chi connectivity index (χ4n) is 1.86. The summed E-state index contributed by atoms with van der Waals surface area (Å²) in [5.74, 6) is 2.49. The SMILES string of the molecule is Cc1ccc([C@H](C)N)c(OCc2nnc(C)n2C)c1. The summed E-state index contributed by atoms with van der Waals surface area (Å²) in [6.07, 6.45) is 0. The number of aromatic nitrogens is 3. The average molecular weight is 260 g/mol. The molecule has 1 aromatic carbocycles. The van der Waals surface area contributed by atoms with Crippen molar-refractivity contribution in [3.8, 4) is 5.75 Å². The van der Waals surface area contributed by atoms with Gasteiger partial charge in [0.25, 0.3) is 0 Å². The van der Waals surface area contributed by atoms with Crippen molar-refractivity contribution in [2.75, 3.05) is 0 Å². The van der Waals surface area contributed by atoms with Crippen LogP contribution in [0.15, 0.2) is 18.2 Å². The number of nitrogens with two attached hydrogens (primary N) is 1. The molecule has 0 radical (unpaired) electrons. The number of hydrogen-bond donors (Lipinski definition) is 1. The van der Waals surface area contributed by atoms with Gasteiger partial charge < -0.3 is 15.0 Å². The third kappa shape index (κ3) is 2.93. The van der Waals surface area contributed by atoms with Crippen LogP contribution in [0, 0.1) is 13.8 Å². The van der Waals surface area contributed by atoms with Crippen LogP contribution in [0.1, 0.15) is 35.7 Å². The van der Waals surface area contributed by atoms with Crippen molar-refractivity contribution in [3.63, 3.8) is 0 Å². The first kappa shape index (κ1) is 13.5. The predicted molar refractivity (Wildman–Crippen MR) is 73.9 cm³/mol. The fraction of sp³-hybridized carbons (Fsp3) is 0.429. The van der Waals surface area contributed by atoms with Gasteiger partial charge in [0, 0.05) is 18.7 Å². The van der Waals surface area contributed by atoms with Crippen LogP contribution < -0.4 is 10.5 Å². The lowest BCUT2D eigenvalue weighted by Crippen LogP contribution is -2.10. The Hall–Kier alpha value is -1.88. The quantitative estimate of drug-likeness (QED) is 0.913. The standard InChI is InChI=1S/C14H20N4O/c1-9-5-6-12(10(2)15)13(7-9)19-8-14-17-16-11(3)18(14)4/h5-7,10H,8,15H2,1-4H3/t10-/m0/s1. The van der Waals surface area contributed by atoms with Gasteiger partial charge in [-0.15, -0.1) is 10.2 Å². The number of hydrogen-bond acceptors (Lipinski definition) is 4. The minimum absolute atomic E-state index is 0.0585. The summed E-state index contributed by atoms with van der Waals surface area (Å²) in [4.78, 5) is 0. The topological polar surface area (TPSA) is 66.0 Å². The Kier molecular flexibility index (Phi) is 3.85. The summed E-state index contributed by atoms with van der Waals surface area (Å²) in [5, 5.41) is 8.10. The molecule has 1 aromatic heterocycles. The second kappa shape index (κ2) is 5.40. The second-order valence-corrected chi connectivity index (χ2v) is 4.84. The lowest BCUT2D eigenvalue weighted by molar-refractivity contribution is 0.286. The van der Waals surface area contributed by atoms with E-state index in [0.717, 1.165) is 28.5 Å². The predicted octanol–water partition coefficient (Wildman–Crippen LogP) is 2.03. The molecule has 19 heavy (non-hydrogen) atoms. The Balaban J connectivity index is 2.19. The van der Waals surface area contributed by atoms with Crippen molar-refractivity contribution in [3.05, 3.63) is 41.0 Å². The molecular weight excluding hydrogens is 240 g/mol. The minimum Gasteiger partial charge on any atom is -0.485 e. The first-order valence-corrected chi connectivity index (χ1v) is 6.33. The van der Waals surface area contributed by atoms with Crippen LogP contribution in [0.3, 0.4) is 0 Å². The van der Waals surface area contributed by atoms with E-state index in [4.69, 9.17) is 10.5 Å². The van der Waals surface area contributed by atoms with Crippen molar-refractivity contribution in [1.29, 1.82) is 0 Å². The maximum Gasteiger partial charge on any atom is 0.170 e. The first-order chi connectivity index (χ1) is 8.99. The smallest absolute Gasteiger partial charge is 0.170 e. The third-order valence-corrected chi connectivity index (χ3v) is 3.20. The van der Waals surface area contributed by atoms with Gasteiger partial charge in [0.2, 0.25) is 0 Å². The summed E-state index contributed by atoms with van der Waals surface area (Å²) in [5.41, 5.74) is 8.11. The lowest BCUT2D eigenvalue weighted by Gasteiger charge is -2.14. The van der Waals surface area contributed by atoms with E-state index < -0.39 is 0 Å². The molecule has 2 aromatic rings. The zero-order valence-electron chi connectivity index (χ0n) is 11.8. The molecule has 0 spiro atoms. The van der Waals surface area contributed by atoms with Crippen LogP contribution in [0.4, 0.5) is 0 Å². The van der Waals surface area contributed by atoms with Gasteiger partial charge in [-0.1, -0.05) is 12.1 Å². The van der Waals surface area contributed by atoms with Gasteiger partial charge >= 0.3 is 0 Å². The van der Waals surface area contributed by atoms with E-state index >= 15 is 0 Å². The van der Waals surface area contributed by atoms with Crippen LogP contribution in [0.2, 0.25) is 0 Å². The minimum atomic E-state index is -0.0585. The van der Waals surface area contributed by atoms with E-state index in [9.17, 15) is 0 Å². The molecule has 0 aliphatic carbocycles. The summed E-state index contributed by atoms with van der Waals surface area (Å²) in [6, 6.07) is 5.99. The van der Waals surface area contributed by atoms with E-state index in [2.05, 4.69) is 10.2 Å². The maximum absolute atomic E-state index is 5.95. The molecule has 2 N–H and O–H groups in total. The molecule has 0 fully saturated rings. The van der Waals surface area contributed by atoms with Gasteiger partial charge in [0.05, 0.1) is 0 Å². The van der Waals surface area contributed by atoms with Gasteiger partial charge in [-0.2, -0.15) is 0 Å². The van der Waals surface area contributed by atoms with Crippen molar-refractivity contribution >= 4 is 0 Å². The molecule has 0 aliphatic rings. The molecule has 102 valence electrons. The largest absolute Gasteiger partial charge is 0.485 e. The molecule has 0 unspecified atom stereocenters. The number of aryl methyl sites for hydroxylation is 2. The molecule has 5 heteroatoms. The molecule has 0 aliphatic heterocycles. The number of ether oxygens (including phenoxy) is 1. The van der Waals surface area contributed by atoms with Crippen LogP contribution in [-0.4, -0.2) is 14.8 Å². The van der Waals surface area contributed by atoms with Crippen LogP contribution >= 0.6 is 0 Å². The van der Waals surface area contributed by atoms with E-state index in [1.165, 1.54) is 0 Å². The molecule has 5 nitrogen and oxygen atoms in total. The van der Waals surface area contributed by atoms with Gasteiger partial charge in [0.1, 0.15) is 18.2 Å². The molecule has 0 saturated carbocycles.